The first-order valence-corrected chi connectivity index (χ1v) is 8.26. The van der Waals surface area contributed by atoms with Crippen LogP contribution in [-0.2, 0) is 14.8 Å². The normalized spacial score (nSPS) is 21.4. The summed E-state index contributed by atoms with van der Waals surface area (Å²) in [4.78, 5) is 16.3. The summed E-state index contributed by atoms with van der Waals surface area (Å²) >= 11 is 1.14. The molecule has 20 heavy (non-hydrogen) atoms. The Morgan fingerprint density at radius 3 is 2.65 bits per heavy atom. The lowest BCUT2D eigenvalue weighted by Crippen LogP contribution is -2.37. The van der Waals surface area contributed by atoms with Crippen LogP contribution in [0.2, 0.25) is 0 Å². The van der Waals surface area contributed by atoms with Crippen molar-refractivity contribution < 1.29 is 13.2 Å². The second-order valence-corrected chi connectivity index (χ2v) is 7.19. The Kier molecular flexibility index (Phi) is 4.29. The van der Waals surface area contributed by atoms with E-state index in [9.17, 15) is 13.2 Å². The van der Waals surface area contributed by atoms with Crippen LogP contribution in [0.15, 0.2) is 52.9 Å². The molecule has 0 spiro atoms. The van der Waals surface area contributed by atoms with Crippen LogP contribution in [0.5, 0.6) is 0 Å². The van der Waals surface area contributed by atoms with Gasteiger partial charge >= 0.3 is 0 Å². The fourth-order valence-electron chi connectivity index (χ4n) is 1.68. The summed E-state index contributed by atoms with van der Waals surface area (Å²) in [6.07, 6.45) is 1.55. The number of hydrogen-bond donors (Lipinski definition) is 0. The Morgan fingerprint density at radius 1 is 1.40 bits per heavy atom. The van der Waals surface area contributed by atoms with Crippen molar-refractivity contribution in [3.8, 4) is 0 Å². The lowest BCUT2D eigenvalue weighted by molar-refractivity contribution is -0.122. The van der Waals surface area contributed by atoms with Crippen LogP contribution in [0.1, 0.15) is 6.92 Å². The van der Waals surface area contributed by atoms with Crippen LogP contribution in [0.25, 0.3) is 0 Å². The van der Waals surface area contributed by atoms with Gasteiger partial charge in [-0.3, -0.25) is 9.79 Å². The first kappa shape index (κ1) is 14.8. The minimum Gasteiger partial charge on any atom is -0.272 e. The van der Waals surface area contributed by atoms with Crippen molar-refractivity contribution >= 4 is 32.9 Å². The van der Waals surface area contributed by atoms with E-state index < -0.39 is 21.2 Å². The number of carbonyl (C=O) groups is 1. The number of amides is 1. The average molecular weight is 310 g/mol. The van der Waals surface area contributed by atoms with Gasteiger partial charge in [-0.1, -0.05) is 36.0 Å². The molecule has 5 nitrogen and oxygen atoms in total. The zero-order valence-electron chi connectivity index (χ0n) is 10.9. The molecule has 0 saturated carbocycles. The van der Waals surface area contributed by atoms with Crippen LogP contribution in [0.3, 0.4) is 0 Å². The summed E-state index contributed by atoms with van der Waals surface area (Å²) in [5.41, 5.74) is 0. The lowest BCUT2D eigenvalue weighted by atomic mass is 10.4. The van der Waals surface area contributed by atoms with Crippen molar-refractivity contribution in [1.82, 2.24) is 4.31 Å². The molecule has 7 heteroatoms. The van der Waals surface area contributed by atoms with Gasteiger partial charge in [-0.15, -0.1) is 6.58 Å². The van der Waals surface area contributed by atoms with Gasteiger partial charge in [0.1, 0.15) is 0 Å². The van der Waals surface area contributed by atoms with Crippen LogP contribution >= 0.6 is 11.8 Å². The van der Waals surface area contributed by atoms with E-state index in [0.29, 0.717) is 0 Å². The van der Waals surface area contributed by atoms with Gasteiger partial charge in [0.2, 0.25) is 0 Å². The Labute approximate surface area is 122 Å². The largest absolute Gasteiger partial charge is 0.272 e. The highest BCUT2D eigenvalue weighted by atomic mass is 32.2. The molecule has 1 heterocycles. The molecule has 1 aromatic rings. The summed E-state index contributed by atoms with van der Waals surface area (Å²) < 4.78 is 25.9. The number of rotatable bonds is 4. The van der Waals surface area contributed by atoms with E-state index in [2.05, 4.69) is 11.6 Å². The smallest absolute Gasteiger partial charge is 0.272 e. The van der Waals surface area contributed by atoms with Crippen molar-refractivity contribution in [2.75, 3.05) is 6.54 Å². The SMILES string of the molecule is C=CCN=C1S[C@@H](C)C(=O)N1S(=O)(=O)c1ccccc1. The predicted molar refractivity (Wildman–Crippen MR) is 80.0 cm³/mol. The number of amidine groups is 1. The fourth-order valence-corrected chi connectivity index (χ4v) is 4.40. The summed E-state index contributed by atoms with van der Waals surface area (Å²) in [5, 5.41) is -0.261. The van der Waals surface area contributed by atoms with E-state index in [-0.39, 0.29) is 16.6 Å². The highest BCUT2D eigenvalue weighted by Crippen LogP contribution is 2.31. The van der Waals surface area contributed by atoms with E-state index in [1.165, 1.54) is 12.1 Å². The number of thioether (sulfide) groups is 1. The van der Waals surface area contributed by atoms with Crippen molar-refractivity contribution in [3.05, 3.63) is 43.0 Å². The van der Waals surface area contributed by atoms with Crippen LogP contribution < -0.4 is 0 Å². The maximum absolute atomic E-state index is 12.5. The standard InChI is InChI=1S/C13H14N2O3S2/c1-3-9-14-13-15(12(16)10(2)19-13)20(17,18)11-7-5-4-6-8-11/h3-8,10H,1,9H2,2H3/t10-/m0/s1. The van der Waals surface area contributed by atoms with E-state index in [1.807, 2.05) is 0 Å². The van der Waals surface area contributed by atoms with E-state index >= 15 is 0 Å². The molecule has 1 atom stereocenters. The molecular formula is C13H14N2O3S2. The second kappa shape index (κ2) is 5.80. The van der Waals surface area contributed by atoms with Gasteiger partial charge in [0.25, 0.3) is 15.9 Å². The molecule has 0 N–H and O–H groups in total. The number of nitrogens with zero attached hydrogens (tertiary/aromatic N) is 2. The maximum Gasteiger partial charge on any atom is 0.272 e. The molecule has 0 unspecified atom stereocenters. The maximum atomic E-state index is 12.5. The Hall–Kier alpha value is -1.60. The Balaban J connectivity index is 2.47. The Morgan fingerprint density at radius 2 is 2.05 bits per heavy atom. The Bertz CT molecular complexity index is 653. The minimum atomic E-state index is -3.90. The predicted octanol–water partition coefficient (Wildman–Crippen LogP) is 1.88. The van der Waals surface area contributed by atoms with Gasteiger partial charge in [0, 0.05) is 0 Å². The number of benzene rings is 1. The minimum absolute atomic E-state index is 0.0781. The number of hydrogen-bond acceptors (Lipinski definition) is 5. The monoisotopic (exact) mass is 310 g/mol. The van der Waals surface area contributed by atoms with Gasteiger partial charge in [-0.05, 0) is 19.1 Å². The van der Waals surface area contributed by atoms with Crippen molar-refractivity contribution in [2.45, 2.75) is 17.1 Å². The molecule has 0 aliphatic carbocycles. The zero-order chi connectivity index (χ0) is 14.8. The van der Waals surface area contributed by atoms with Crippen LogP contribution in [0, 0.1) is 0 Å². The van der Waals surface area contributed by atoms with Crippen molar-refractivity contribution in [3.63, 3.8) is 0 Å². The molecule has 0 radical (unpaired) electrons. The first-order valence-electron chi connectivity index (χ1n) is 5.94. The topological polar surface area (TPSA) is 66.8 Å². The number of aliphatic imine (C=N–C) groups is 1. The third kappa shape index (κ3) is 2.64. The highest BCUT2D eigenvalue weighted by Gasteiger charge is 2.43. The van der Waals surface area contributed by atoms with E-state index in [4.69, 9.17) is 0 Å². The van der Waals surface area contributed by atoms with Gasteiger partial charge in [0.15, 0.2) is 5.17 Å². The third-order valence-corrected chi connectivity index (χ3v) is 5.54. The second-order valence-electron chi connectivity index (χ2n) is 4.09. The molecule has 1 amide bonds. The van der Waals surface area contributed by atoms with E-state index in [1.54, 1.807) is 31.2 Å². The summed E-state index contributed by atoms with van der Waals surface area (Å²) in [7, 11) is -3.90. The summed E-state index contributed by atoms with van der Waals surface area (Å²) in [5.74, 6) is -0.471. The molecule has 1 aliphatic heterocycles. The highest BCUT2D eigenvalue weighted by molar-refractivity contribution is 8.17. The molecule has 1 fully saturated rings. The van der Waals surface area contributed by atoms with Crippen LogP contribution in [0.4, 0.5) is 0 Å². The molecule has 106 valence electrons. The summed E-state index contributed by atoms with van der Waals surface area (Å²) in [6, 6.07) is 7.87. The van der Waals surface area contributed by atoms with Gasteiger partial charge < -0.3 is 0 Å². The number of carbonyl (C=O) groups excluding carboxylic acids is 1. The quantitative estimate of drug-likeness (QED) is 0.796. The molecule has 0 aromatic heterocycles. The fraction of sp³-hybridized carbons (Fsp3) is 0.231. The van der Waals surface area contributed by atoms with Crippen molar-refractivity contribution in [2.24, 2.45) is 4.99 Å². The van der Waals surface area contributed by atoms with Crippen LogP contribution in [-0.4, -0.2) is 35.6 Å². The molecule has 0 bridgehead atoms. The summed E-state index contributed by atoms with van der Waals surface area (Å²) in [6.45, 7) is 5.47. The molecule has 1 aromatic carbocycles. The van der Waals surface area contributed by atoms with Gasteiger partial charge in [-0.2, -0.15) is 4.31 Å². The van der Waals surface area contributed by atoms with Gasteiger partial charge in [-0.25, -0.2) is 8.42 Å². The van der Waals surface area contributed by atoms with Crippen molar-refractivity contribution in [1.29, 1.82) is 0 Å². The van der Waals surface area contributed by atoms with Gasteiger partial charge in [0.05, 0.1) is 16.7 Å². The number of sulfonamides is 1. The molecular weight excluding hydrogens is 296 g/mol. The first-order chi connectivity index (χ1) is 9.48. The zero-order valence-corrected chi connectivity index (χ0v) is 12.5. The molecule has 2 rings (SSSR count). The molecule has 1 aliphatic rings. The molecule has 1 saturated heterocycles. The third-order valence-electron chi connectivity index (χ3n) is 2.64. The average Bonchev–Trinajstić information content (AvgIpc) is 2.73. The lowest BCUT2D eigenvalue weighted by Gasteiger charge is -2.16. The van der Waals surface area contributed by atoms with E-state index in [0.717, 1.165) is 16.1 Å².